The number of amides is 1. The van der Waals surface area contributed by atoms with E-state index in [1.165, 1.54) is 6.20 Å². The van der Waals surface area contributed by atoms with Gasteiger partial charge in [-0.3, -0.25) is 4.79 Å². The van der Waals surface area contributed by atoms with Gasteiger partial charge in [0, 0.05) is 11.8 Å². The smallest absolute Gasteiger partial charge is 0.311 e. The molecule has 1 aliphatic heterocycles. The first-order chi connectivity index (χ1) is 9.22. The van der Waals surface area contributed by atoms with Crippen molar-refractivity contribution < 1.29 is 18.7 Å². The zero-order valence-electron chi connectivity index (χ0n) is 10.3. The molecule has 1 aromatic heterocycles. The van der Waals surface area contributed by atoms with Crippen molar-refractivity contribution in [2.24, 2.45) is 0 Å². The van der Waals surface area contributed by atoms with E-state index in [0.717, 1.165) is 0 Å². The van der Waals surface area contributed by atoms with Crippen LogP contribution in [0.5, 0.6) is 11.5 Å². The van der Waals surface area contributed by atoms with Crippen LogP contribution in [-0.4, -0.2) is 24.1 Å². The van der Waals surface area contributed by atoms with Crippen LogP contribution in [0, 0.1) is 6.92 Å². The summed E-state index contributed by atoms with van der Waals surface area (Å²) in [5.74, 6) is 1.52. The SMILES string of the molecule is Cc1cnc(C(=O)Nc2ccc3c(c2)OCCO3)o1. The lowest BCUT2D eigenvalue weighted by Gasteiger charge is -2.18. The summed E-state index contributed by atoms with van der Waals surface area (Å²) in [6.07, 6.45) is 1.50. The number of oxazole rings is 1. The number of nitrogens with one attached hydrogen (secondary N) is 1. The van der Waals surface area contributed by atoms with Gasteiger partial charge in [0.05, 0.1) is 6.20 Å². The number of hydrogen-bond acceptors (Lipinski definition) is 5. The Balaban J connectivity index is 1.78. The van der Waals surface area contributed by atoms with E-state index in [2.05, 4.69) is 10.3 Å². The van der Waals surface area contributed by atoms with Crippen molar-refractivity contribution in [3.63, 3.8) is 0 Å². The second-order valence-electron chi connectivity index (χ2n) is 4.09. The van der Waals surface area contributed by atoms with Gasteiger partial charge in [-0.05, 0) is 19.1 Å². The third-order valence-electron chi connectivity index (χ3n) is 2.62. The topological polar surface area (TPSA) is 73.6 Å². The maximum Gasteiger partial charge on any atom is 0.311 e. The molecule has 3 rings (SSSR count). The first-order valence-electron chi connectivity index (χ1n) is 5.86. The zero-order valence-corrected chi connectivity index (χ0v) is 10.3. The van der Waals surface area contributed by atoms with E-state index in [9.17, 15) is 4.79 Å². The molecule has 0 saturated heterocycles. The van der Waals surface area contributed by atoms with Gasteiger partial charge in [-0.1, -0.05) is 0 Å². The molecule has 98 valence electrons. The number of ether oxygens (including phenoxy) is 2. The predicted molar refractivity (Wildman–Crippen MR) is 66.6 cm³/mol. The maximum absolute atomic E-state index is 11.9. The lowest BCUT2D eigenvalue weighted by Crippen LogP contribution is -2.16. The summed E-state index contributed by atoms with van der Waals surface area (Å²) in [5, 5.41) is 2.69. The van der Waals surface area contributed by atoms with E-state index >= 15 is 0 Å². The fourth-order valence-corrected chi connectivity index (χ4v) is 1.77. The number of hydrogen-bond donors (Lipinski definition) is 1. The third-order valence-corrected chi connectivity index (χ3v) is 2.62. The van der Waals surface area contributed by atoms with E-state index in [-0.39, 0.29) is 5.89 Å². The van der Waals surface area contributed by atoms with Crippen LogP contribution >= 0.6 is 0 Å². The molecular weight excluding hydrogens is 248 g/mol. The molecule has 1 aromatic carbocycles. The van der Waals surface area contributed by atoms with Gasteiger partial charge in [0.2, 0.25) is 0 Å². The van der Waals surface area contributed by atoms with Crippen LogP contribution in [0.3, 0.4) is 0 Å². The van der Waals surface area contributed by atoms with Crippen molar-refractivity contribution in [1.82, 2.24) is 4.98 Å². The molecule has 0 atom stereocenters. The molecular formula is C13H12N2O4. The average molecular weight is 260 g/mol. The Bertz CT molecular complexity index is 621. The summed E-state index contributed by atoms with van der Waals surface area (Å²) in [6.45, 7) is 2.77. The predicted octanol–water partition coefficient (Wildman–Crippen LogP) is 2.01. The summed E-state index contributed by atoms with van der Waals surface area (Å²) >= 11 is 0. The minimum Gasteiger partial charge on any atom is -0.486 e. The van der Waals surface area contributed by atoms with Crippen LogP contribution in [-0.2, 0) is 0 Å². The molecule has 6 nitrogen and oxygen atoms in total. The molecule has 1 amide bonds. The quantitative estimate of drug-likeness (QED) is 0.894. The van der Waals surface area contributed by atoms with Gasteiger partial charge in [-0.15, -0.1) is 0 Å². The molecule has 2 aromatic rings. The van der Waals surface area contributed by atoms with Crippen molar-refractivity contribution in [2.45, 2.75) is 6.92 Å². The second kappa shape index (κ2) is 4.64. The van der Waals surface area contributed by atoms with E-state index in [1.54, 1.807) is 25.1 Å². The molecule has 19 heavy (non-hydrogen) atoms. The van der Waals surface area contributed by atoms with Crippen molar-refractivity contribution >= 4 is 11.6 Å². The molecule has 0 aliphatic carbocycles. The van der Waals surface area contributed by atoms with Gasteiger partial charge in [0.15, 0.2) is 11.5 Å². The van der Waals surface area contributed by atoms with Crippen molar-refractivity contribution in [3.05, 3.63) is 36.0 Å². The lowest BCUT2D eigenvalue weighted by molar-refractivity contribution is 0.0989. The van der Waals surface area contributed by atoms with Gasteiger partial charge in [0.25, 0.3) is 5.89 Å². The largest absolute Gasteiger partial charge is 0.486 e. The van der Waals surface area contributed by atoms with Crippen LogP contribution in [0.4, 0.5) is 5.69 Å². The molecule has 1 aliphatic rings. The minimum atomic E-state index is -0.398. The average Bonchev–Trinajstić information content (AvgIpc) is 2.85. The standard InChI is InChI=1S/C13H12N2O4/c1-8-7-14-13(19-8)12(16)15-9-2-3-10-11(6-9)18-5-4-17-10/h2-3,6-7H,4-5H2,1H3,(H,15,16). The number of carbonyl (C=O) groups excluding carboxylic acids is 1. The third kappa shape index (κ3) is 2.37. The molecule has 2 heterocycles. The van der Waals surface area contributed by atoms with Crippen molar-refractivity contribution in [3.8, 4) is 11.5 Å². The van der Waals surface area contributed by atoms with Crippen LogP contribution in [0.25, 0.3) is 0 Å². The number of anilines is 1. The van der Waals surface area contributed by atoms with Gasteiger partial charge >= 0.3 is 5.91 Å². The monoisotopic (exact) mass is 260 g/mol. The molecule has 0 saturated carbocycles. The Morgan fingerprint density at radius 3 is 2.79 bits per heavy atom. The van der Waals surface area contributed by atoms with Gasteiger partial charge in [0.1, 0.15) is 19.0 Å². The van der Waals surface area contributed by atoms with Gasteiger partial charge in [-0.2, -0.15) is 0 Å². The summed E-state index contributed by atoms with van der Waals surface area (Å²) in [4.78, 5) is 15.7. The molecule has 0 unspecified atom stereocenters. The number of benzene rings is 1. The van der Waals surface area contributed by atoms with Crippen LogP contribution in [0.2, 0.25) is 0 Å². The Morgan fingerprint density at radius 1 is 1.26 bits per heavy atom. The van der Waals surface area contributed by atoms with Gasteiger partial charge in [-0.25, -0.2) is 4.98 Å². The molecule has 0 bridgehead atoms. The minimum absolute atomic E-state index is 0.0346. The normalized spacial score (nSPS) is 13.1. The number of rotatable bonds is 2. The van der Waals surface area contributed by atoms with E-state index < -0.39 is 5.91 Å². The summed E-state index contributed by atoms with van der Waals surface area (Å²) < 4.78 is 16.0. The van der Waals surface area contributed by atoms with E-state index in [0.29, 0.717) is 36.2 Å². The highest BCUT2D eigenvalue weighted by molar-refractivity contribution is 6.01. The van der Waals surface area contributed by atoms with Crippen LogP contribution in [0.1, 0.15) is 16.4 Å². The number of aryl methyl sites for hydroxylation is 1. The van der Waals surface area contributed by atoms with Crippen molar-refractivity contribution in [2.75, 3.05) is 18.5 Å². The summed E-state index contributed by atoms with van der Waals surface area (Å²) in [5.41, 5.74) is 0.602. The highest BCUT2D eigenvalue weighted by atomic mass is 16.6. The summed E-state index contributed by atoms with van der Waals surface area (Å²) in [6, 6.07) is 5.20. The number of carbonyl (C=O) groups is 1. The Hall–Kier alpha value is -2.50. The Morgan fingerprint density at radius 2 is 2.05 bits per heavy atom. The first kappa shape index (κ1) is 11.6. The highest BCUT2D eigenvalue weighted by Gasteiger charge is 2.15. The van der Waals surface area contributed by atoms with E-state index in [1.807, 2.05) is 0 Å². The Kier molecular flexibility index (Phi) is 2.83. The summed E-state index contributed by atoms with van der Waals surface area (Å²) in [7, 11) is 0. The van der Waals surface area contributed by atoms with E-state index in [4.69, 9.17) is 13.9 Å². The highest BCUT2D eigenvalue weighted by Crippen LogP contribution is 2.32. The zero-order chi connectivity index (χ0) is 13.2. The molecule has 6 heteroatoms. The van der Waals surface area contributed by atoms with Crippen molar-refractivity contribution in [1.29, 1.82) is 0 Å². The molecule has 1 N–H and O–H groups in total. The molecule has 0 spiro atoms. The fraction of sp³-hybridized carbons (Fsp3) is 0.231. The molecule has 0 radical (unpaired) electrons. The fourth-order valence-electron chi connectivity index (χ4n) is 1.77. The maximum atomic E-state index is 11.9. The lowest BCUT2D eigenvalue weighted by atomic mass is 10.2. The number of nitrogens with zero attached hydrogens (tertiary/aromatic N) is 1. The second-order valence-corrected chi connectivity index (χ2v) is 4.09. The Labute approximate surface area is 109 Å². The molecule has 0 fully saturated rings. The number of fused-ring (bicyclic) bond motifs is 1. The van der Waals surface area contributed by atoms with Crippen LogP contribution in [0.15, 0.2) is 28.8 Å². The van der Waals surface area contributed by atoms with Crippen LogP contribution < -0.4 is 14.8 Å². The van der Waals surface area contributed by atoms with Gasteiger partial charge < -0.3 is 19.2 Å². The first-order valence-corrected chi connectivity index (χ1v) is 5.86. The number of aromatic nitrogens is 1.